The van der Waals surface area contributed by atoms with E-state index >= 15 is 0 Å². The van der Waals surface area contributed by atoms with Crippen LogP contribution in [0.2, 0.25) is 0 Å². The molecule has 0 bridgehead atoms. The van der Waals surface area contributed by atoms with E-state index in [1.54, 1.807) is 19.1 Å². The van der Waals surface area contributed by atoms with Gasteiger partial charge in [-0.25, -0.2) is 8.42 Å². The molecule has 1 fully saturated rings. The summed E-state index contributed by atoms with van der Waals surface area (Å²) in [7, 11) is -4.08. The van der Waals surface area contributed by atoms with E-state index in [1.165, 1.54) is 5.56 Å². The van der Waals surface area contributed by atoms with E-state index in [-0.39, 0.29) is 11.3 Å². The van der Waals surface area contributed by atoms with Gasteiger partial charge >= 0.3 is 5.97 Å². The fraction of sp³-hybridized carbons (Fsp3) is 0.269. The van der Waals surface area contributed by atoms with Crippen molar-refractivity contribution >= 4 is 21.7 Å². The van der Waals surface area contributed by atoms with Crippen molar-refractivity contribution in [3.63, 3.8) is 0 Å². The normalized spacial score (nSPS) is 14.8. The second kappa shape index (κ2) is 10.2. The van der Waals surface area contributed by atoms with Gasteiger partial charge in [-0.1, -0.05) is 73.7 Å². The minimum atomic E-state index is -4.08. The molecular formula is C26H28N2O4S. The highest BCUT2D eigenvalue weighted by molar-refractivity contribution is 7.89. The van der Waals surface area contributed by atoms with Crippen LogP contribution in [0.4, 0.5) is 5.69 Å². The van der Waals surface area contributed by atoms with Gasteiger partial charge in [-0.3, -0.25) is 4.79 Å². The van der Waals surface area contributed by atoms with Gasteiger partial charge in [0, 0.05) is 30.8 Å². The van der Waals surface area contributed by atoms with E-state index in [2.05, 4.69) is 29.2 Å². The average Bonchev–Trinajstić information content (AvgIpc) is 2.88. The third-order valence-corrected chi connectivity index (χ3v) is 7.24. The van der Waals surface area contributed by atoms with Gasteiger partial charge in [-0.2, -0.15) is 0 Å². The molecule has 3 aromatic carbocycles. The Balaban J connectivity index is 1.68. The molecule has 3 aromatic rings. The van der Waals surface area contributed by atoms with Crippen LogP contribution in [0.25, 0.3) is 11.1 Å². The van der Waals surface area contributed by atoms with E-state index in [1.807, 2.05) is 47.3 Å². The van der Waals surface area contributed by atoms with Gasteiger partial charge in [-0.05, 0) is 46.9 Å². The summed E-state index contributed by atoms with van der Waals surface area (Å²) in [6.07, 6.45) is 2.05. The molecule has 0 aliphatic carbocycles. The number of anilines is 1. The number of carbonyl (C=O) groups is 1. The van der Waals surface area contributed by atoms with Crippen LogP contribution < -0.4 is 9.79 Å². The predicted octanol–water partition coefficient (Wildman–Crippen LogP) is 4.88. The second-order valence-electron chi connectivity index (χ2n) is 8.10. The number of carbonyl (C=O) groups excluding carboxylic acids is 1. The summed E-state index contributed by atoms with van der Waals surface area (Å²) < 4.78 is 26.2. The maximum absolute atomic E-state index is 13.1. The lowest BCUT2D eigenvalue weighted by Crippen LogP contribution is -2.34. The number of rotatable bonds is 7. The van der Waals surface area contributed by atoms with E-state index in [9.17, 15) is 13.2 Å². The van der Waals surface area contributed by atoms with Gasteiger partial charge in [0.15, 0.2) is 0 Å². The zero-order valence-corrected chi connectivity index (χ0v) is 19.4. The summed E-state index contributed by atoms with van der Waals surface area (Å²) in [6.45, 7) is 3.24. The lowest BCUT2D eigenvalue weighted by molar-refractivity contribution is -0.146. The fourth-order valence-corrected chi connectivity index (χ4v) is 5.34. The number of benzene rings is 3. The molecule has 33 heavy (non-hydrogen) atoms. The van der Waals surface area contributed by atoms with Crippen molar-refractivity contribution in [2.75, 3.05) is 18.0 Å². The quantitative estimate of drug-likeness (QED) is 0.504. The summed E-state index contributed by atoms with van der Waals surface area (Å²) in [5.74, 6) is -0.149. The number of piperidine rings is 1. The molecular weight excluding hydrogens is 436 g/mol. The van der Waals surface area contributed by atoms with Gasteiger partial charge in [0.2, 0.25) is 0 Å². The number of sulfonamides is 1. The summed E-state index contributed by atoms with van der Waals surface area (Å²) in [6, 6.07) is 25.2. The zero-order chi connectivity index (χ0) is 23.3. The molecule has 4 rings (SSSR count). The molecule has 0 aromatic heterocycles. The van der Waals surface area contributed by atoms with Crippen molar-refractivity contribution in [1.82, 2.24) is 4.89 Å². The van der Waals surface area contributed by atoms with Crippen LogP contribution in [-0.4, -0.2) is 27.5 Å². The summed E-state index contributed by atoms with van der Waals surface area (Å²) in [4.78, 5) is 20.6. The molecule has 0 spiro atoms. The van der Waals surface area contributed by atoms with Crippen LogP contribution in [0.3, 0.4) is 0 Å². The maximum Gasteiger partial charge on any atom is 0.325 e. The van der Waals surface area contributed by atoms with E-state index in [0.717, 1.165) is 37.2 Å². The van der Waals surface area contributed by atoms with E-state index < -0.39 is 16.0 Å². The Bertz CT molecular complexity index is 1190. The maximum atomic E-state index is 13.1. The summed E-state index contributed by atoms with van der Waals surface area (Å²) in [5, 5.41) is 0. The Morgan fingerprint density at radius 2 is 1.58 bits per heavy atom. The highest BCUT2D eigenvalue weighted by Gasteiger charge is 2.27. The van der Waals surface area contributed by atoms with Crippen LogP contribution >= 0.6 is 0 Å². The lowest BCUT2D eigenvalue weighted by atomic mass is 9.89. The smallest absolute Gasteiger partial charge is 0.325 e. The second-order valence-corrected chi connectivity index (χ2v) is 9.72. The lowest BCUT2D eigenvalue weighted by Gasteiger charge is -2.35. The molecule has 0 saturated carbocycles. The first-order valence-electron chi connectivity index (χ1n) is 11.2. The van der Waals surface area contributed by atoms with Gasteiger partial charge in [0.25, 0.3) is 10.0 Å². The van der Waals surface area contributed by atoms with Gasteiger partial charge in [0.05, 0.1) is 4.90 Å². The Morgan fingerprint density at radius 3 is 2.21 bits per heavy atom. The van der Waals surface area contributed by atoms with Crippen LogP contribution in [0, 0.1) is 0 Å². The first-order chi connectivity index (χ1) is 16.0. The third kappa shape index (κ3) is 5.26. The number of nitrogens with zero attached hydrogens (tertiary/aromatic N) is 1. The molecule has 1 heterocycles. The summed E-state index contributed by atoms with van der Waals surface area (Å²) >= 11 is 0. The molecule has 0 radical (unpaired) electrons. The molecule has 172 valence electrons. The van der Waals surface area contributed by atoms with Crippen molar-refractivity contribution in [2.24, 2.45) is 0 Å². The standard InChI is InChI=1S/C26H28N2O4S/c1-2-25(29)32-27-33(30,31)24-15-9-14-23(26(24)22-12-7-4-8-13-22)28-18-16-21(17-19-28)20-10-5-3-6-11-20/h3-15,21,27H,2,16-19H2,1H3. The summed E-state index contributed by atoms with van der Waals surface area (Å²) in [5.41, 5.74) is 3.60. The first kappa shape index (κ1) is 23.0. The molecule has 1 saturated heterocycles. The molecule has 0 atom stereocenters. The van der Waals surface area contributed by atoms with Crippen molar-refractivity contribution < 1.29 is 18.0 Å². The van der Waals surface area contributed by atoms with Gasteiger partial charge < -0.3 is 9.74 Å². The van der Waals surface area contributed by atoms with Crippen molar-refractivity contribution in [3.05, 3.63) is 84.4 Å². The topological polar surface area (TPSA) is 75.7 Å². The highest BCUT2D eigenvalue weighted by Crippen LogP contribution is 2.39. The highest BCUT2D eigenvalue weighted by atomic mass is 32.2. The molecule has 1 aliphatic rings. The van der Waals surface area contributed by atoms with Crippen LogP contribution in [0.5, 0.6) is 0 Å². The monoisotopic (exact) mass is 464 g/mol. The molecule has 7 heteroatoms. The zero-order valence-electron chi connectivity index (χ0n) is 18.6. The fourth-order valence-electron chi connectivity index (χ4n) is 4.30. The number of hydrogen-bond donors (Lipinski definition) is 1. The Morgan fingerprint density at radius 1 is 0.939 bits per heavy atom. The molecule has 1 N–H and O–H groups in total. The minimum Gasteiger partial charge on any atom is -0.371 e. The van der Waals surface area contributed by atoms with Crippen molar-refractivity contribution in [1.29, 1.82) is 0 Å². The van der Waals surface area contributed by atoms with Crippen molar-refractivity contribution in [3.8, 4) is 11.1 Å². The number of nitrogens with one attached hydrogen (secondary N) is 1. The molecule has 1 aliphatic heterocycles. The Hall–Kier alpha value is -3.16. The Labute approximate surface area is 195 Å². The minimum absolute atomic E-state index is 0.0739. The molecule has 6 nitrogen and oxygen atoms in total. The number of hydrogen-bond acceptors (Lipinski definition) is 5. The molecule has 0 amide bonds. The van der Waals surface area contributed by atoms with Gasteiger partial charge in [-0.15, -0.1) is 0 Å². The van der Waals surface area contributed by atoms with Crippen LogP contribution in [0.15, 0.2) is 83.8 Å². The predicted molar refractivity (Wildman–Crippen MR) is 129 cm³/mol. The SMILES string of the molecule is CCC(=O)ONS(=O)(=O)c1cccc(N2CCC(c3ccccc3)CC2)c1-c1ccccc1. The third-order valence-electron chi connectivity index (χ3n) is 6.02. The average molecular weight is 465 g/mol. The van der Waals surface area contributed by atoms with Crippen LogP contribution in [-0.2, 0) is 19.7 Å². The van der Waals surface area contributed by atoms with Crippen LogP contribution in [0.1, 0.15) is 37.7 Å². The largest absolute Gasteiger partial charge is 0.371 e. The van der Waals surface area contributed by atoms with Crippen molar-refractivity contribution in [2.45, 2.75) is 37.0 Å². The van der Waals surface area contributed by atoms with E-state index in [4.69, 9.17) is 4.84 Å². The Kier molecular flexibility index (Phi) is 7.11. The molecule has 0 unspecified atom stereocenters. The first-order valence-corrected chi connectivity index (χ1v) is 12.7. The van der Waals surface area contributed by atoms with E-state index in [0.29, 0.717) is 11.5 Å². The van der Waals surface area contributed by atoms with Gasteiger partial charge in [0.1, 0.15) is 0 Å².